The van der Waals surface area contributed by atoms with Gasteiger partial charge in [0.25, 0.3) is 0 Å². The molecule has 0 fully saturated rings. The average Bonchev–Trinajstić information content (AvgIpc) is 2.26. The molecule has 1 rings (SSSR count). The van der Waals surface area contributed by atoms with E-state index in [1.165, 1.54) is 0 Å². The van der Waals surface area contributed by atoms with Crippen molar-refractivity contribution in [3.63, 3.8) is 0 Å². The first-order chi connectivity index (χ1) is 7.13. The molecule has 15 heavy (non-hydrogen) atoms. The lowest BCUT2D eigenvalue weighted by Gasteiger charge is -2.11. The fourth-order valence-electron chi connectivity index (χ4n) is 1.10. The Labute approximate surface area is 91.2 Å². The molecule has 0 radical (unpaired) electrons. The van der Waals surface area contributed by atoms with E-state index in [4.69, 9.17) is 4.74 Å². The van der Waals surface area contributed by atoms with E-state index < -0.39 is 0 Å². The molecule has 1 aromatic rings. The van der Waals surface area contributed by atoms with Crippen molar-refractivity contribution in [1.29, 1.82) is 0 Å². The van der Waals surface area contributed by atoms with Crippen LogP contribution in [-0.2, 0) is 0 Å². The smallest absolute Gasteiger partial charge is 0.137 e. The number of hydrogen-bond donors (Lipinski definition) is 1. The van der Waals surface area contributed by atoms with E-state index in [-0.39, 0.29) is 0 Å². The first kappa shape index (κ1) is 11.6. The number of nitrogens with one attached hydrogen (secondary N) is 1. The standard InChI is InChI=1S/C12H18N2O/c1-9(2)7-13-10(3)12-6-5-11(15-4)8-14-12/h5-6,8-9,13H,3,7H2,1-2,4H3. The van der Waals surface area contributed by atoms with Crippen LogP contribution < -0.4 is 10.1 Å². The highest BCUT2D eigenvalue weighted by molar-refractivity contribution is 5.58. The molecule has 0 saturated carbocycles. The second-order valence-electron chi connectivity index (χ2n) is 3.84. The van der Waals surface area contributed by atoms with E-state index in [9.17, 15) is 0 Å². The molecule has 1 aromatic heterocycles. The molecule has 0 aliphatic rings. The Kier molecular flexibility index (Phi) is 4.16. The van der Waals surface area contributed by atoms with Crippen molar-refractivity contribution in [3.8, 4) is 5.75 Å². The summed E-state index contributed by atoms with van der Waals surface area (Å²) in [5.41, 5.74) is 1.71. The van der Waals surface area contributed by atoms with Gasteiger partial charge in [-0.15, -0.1) is 0 Å². The van der Waals surface area contributed by atoms with Gasteiger partial charge in [0.2, 0.25) is 0 Å². The summed E-state index contributed by atoms with van der Waals surface area (Å²) in [4.78, 5) is 4.24. The lowest BCUT2D eigenvalue weighted by molar-refractivity contribution is 0.413. The second kappa shape index (κ2) is 5.39. The maximum Gasteiger partial charge on any atom is 0.137 e. The zero-order valence-corrected chi connectivity index (χ0v) is 9.58. The number of hydrogen-bond acceptors (Lipinski definition) is 3. The van der Waals surface area contributed by atoms with Crippen LogP contribution in [0.25, 0.3) is 5.70 Å². The highest BCUT2D eigenvalue weighted by atomic mass is 16.5. The molecule has 1 N–H and O–H groups in total. The zero-order chi connectivity index (χ0) is 11.3. The van der Waals surface area contributed by atoms with Crippen LogP contribution in [0.3, 0.4) is 0 Å². The topological polar surface area (TPSA) is 34.1 Å². The maximum atomic E-state index is 5.03. The van der Waals surface area contributed by atoms with Crippen LogP contribution in [0.4, 0.5) is 0 Å². The highest BCUT2D eigenvalue weighted by Gasteiger charge is 2.01. The van der Waals surface area contributed by atoms with Gasteiger partial charge in [-0.1, -0.05) is 20.4 Å². The Hall–Kier alpha value is -1.51. The third-order valence-electron chi connectivity index (χ3n) is 2.00. The molecule has 3 nitrogen and oxygen atoms in total. The Morgan fingerprint density at radius 3 is 2.73 bits per heavy atom. The number of pyridine rings is 1. The minimum atomic E-state index is 0.597. The van der Waals surface area contributed by atoms with E-state index in [1.54, 1.807) is 13.3 Å². The fraction of sp³-hybridized carbons (Fsp3) is 0.417. The number of nitrogens with zero attached hydrogens (tertiary/aromatic N) is 1. The third kappa shape index (κ3) is 3.62. The van der Waals surface area contributed by atoms with Gasteiger partial charge >= 0.3 is 0 Å². The van der Waals surface area contributed by atoms with Crippen molar-refractivity contribution < 1.29 is 4.74 Å². The summed E-state index contributed by atoms with van der Waals surface area (Å²) in [5, 5.41) is 3.24. The average molecular weight is 206 g/mol. The number of aromatic nitrogens is 1. The molecule has 0 saturated heterocycles. The van der Waals surface area contributed by atoms with Crippen LogP contribution >= 0.6 is 0 Å². The fourth-order valence-corrected chi connectivity index (χ4v) is 1.10. The van der Waals surface area contributed by atoms with Crippen LogP contribution in [0.2, 0.25) is 0 Å². The van der Waals surface area contributed by atoms with Gasteiger partial charge in [0.15, 0.2) is 0 Å². The quantitative estimate of drug-likeness (QED) is 0.802. The summed E-state index contributed by atoms with van der Waals surface area (Å²) >= 11 is 0. The minimum Gasteiger partial charge on any atom is -0.495 e. The van der Waals surface area contributed by atoms with Crippen molar-refractivity contribution in [1.82, 2.24) is 10.3 Å². The number of methoxy groups -OCH3 is 1. The van der Waals surface area contributed by atoms with E-state index in [0.717, 1.165) is 23.7 Å². The molecule has 0 spiro atoms. The Balaban J connectivity index is 2.58. The SMILES string of the molecule is C=C(NCC(C)C)c1ccc(OC)cn1. The summed E-state index contributed by atoms with van der Waals surface area (Å²) in [6, 6.07) is 3.78. The van der Waals surface area contributed by atoms with E-state index in [1.807, 2.05) is 12.1 Å². The van der Waals surface area contributed by atoms with Gasteiger partial charge in [-0.2, -0.15) is 0 Å². The highest BCUT2D eigenvalue weighted by Crippen LogP contribution is 2.12. The molecule has 3 heteroatoms. The first-order valence-corrected chi connectivity index (χ1v) is 5.06. The number of rotatable bonds is 5. The maximum absolute atomic E-state index is 5.03. The molecule has 0 unspecified atom stereocenters. The summed E-state index contributed by atoms with van der Waals surface area (Å²) in [7, 11) is 1.63. The van der Waals surface area contributed by atoms with E-state index in [0.29, 0.717) is 5.92 Å². The predicted molar refractivity (Wildman–Crippen MR) is 62.7 cm³/mol. The van der Waals surface area contributed by atoms with Gasteiger partial charge in [-0.3, -0.25) is 4.98 Å². The van der Waals surface area contributed by atoms with Crippen LogP contribution in [0.15, 0.2) is 24.9 Å². The van der Waals surface area contributed by atoms with Crippen LogP contribution in [-0.4, -0.2) is 18.6 Å². The third-order valence-corrected chi connectivity index (χ3v) is 2.00. The number of ether oxygens (including phenoxy) is 1. The monoisotopic (exact) mass is 206 g/mol. The molecule has 0 aliphatic carbocycles. The van der Waals surface area contributed by atoms with Gasteiger partial charge < -0.3 is 10.1 Å². The molecule has 1 heterocycles. The zero-order valence-electron chi connectivity index (χ0n) is 9.58. The lowest BCUT2D eigenvalue weighted by Crippen LogP contribution is -2.17. The normalized spacial score (nSPS) is 10.1. The molecular weight excluding hydrogens is 188 g/mol. The van der Waals surface area contributed by atoms with Crippen molar-refractivity contribution >= 4 is 5.70 Å². The van der Waals surface area contributed by atoms with Gasteiger partial charge in [0.05, 0.1) is 24.7 Å². The molecule has 82 valence electrons. The van der Waals surface area contributed by atoms with Crippen molar-refractivity contribution in [2.45, 2.75) is 13.8 Å². The molecular formula is C12H18N2O. The molecule has 0 atom stereocenters. The minimum absolute atomic E-state index is 0.597. The Morgan fingerprint density at radius 1 is 1.53 bits per heavy atom. The summed E-state index contributed by atoms with van der Waals surface area (Å²) in [6.45, 7) is 9.16. The molecule has 0 amide bonds. The summed E-state index contributed by atoms with van der Waals surface area (Å²) < 4.78 is 5.03. The predicted octanol–water partition coefficient (Wildman–Crippen LogP) is 2.31. The van der Waals surface area contributed by atoms with Crippen molar-refractivity contribution in [2.75, 3.05) is 13.7 Å². The van der Waals surface area contributed by atoms with E-state index in [2.05, 4.69) is 30.7 Å². The van der Waals surface area contributed by atoms with Crippen LogP contribution in [0.1, 0.15) is 19.5 Å². The van der Waals surface area contributed by atoms with Gasteiger partial charge in [0.1, 0.15) is 5.75 Å². The van der Waals surface area contributed by atoms with Crippen molar-refractivity contribution in [3.05, 3.63) is 30.6 Å². The molecule has 0 aliphatic heterocycles. The first-order valence-electron chi connectivity index (χ1n) is 5.06. The largest absolute Gasteiger partial charge is 0.495 e. The Bertz CT molecular complexity index is 317. The van der Waals surface area contributed by atoms with Crippen molar-refractivity contribution in [2.24, 2.45) is 5.92 Å². The van der Waals surface area contributed by atoms with Crippen LogP contribution in [0.5, 0.6) is 5.75 Å². The van der Waals surface area contributed by atoms with Crippen LogP contribution in [0, 0.1) is 5.92 Å². The van der Waals surface area contributed by atoms with Gasteiger partial charge in [-0.05, 0) is 18.1 Å². The second-order valence-corrected chi connectivity index (χ2v) is 3.84. The molecule has 0 bridgehead atoms. The van der Waals surface area contributed by atoms with Gasteiger partial charge in [0, 0.05) is 6.54 Å². The lowest BCUT2D eigenvalue weighted by atomic mass is 10.2. The van der Waals surface area contributed by atoms with Gasteiger partial charge in [-0.25, -0.2) is 0 Å². The summed E-state index contributed by atoms with van der Waals surface area (Å²) in [6.07, 6.45) is 1.69. The summed E-state index contributed by atoms with van der Waals surface area (Å²) in [5.74, 6) is 1.36. The molecule has 0 aromatic carbocycles. The Morgan fingerprint density at radius 2 is 2.27 bits per heavy atom. The van der Waals surface area contributed by atoms with E-state index >= 15 is 0 Å².